The lowest BCUT2D eigenvalue weighted by Crippen LogP contribution is -2.58. The van der Waals surface area contributed by atoms with Crippen molar-refractivity contribution in [3.05, 3.63) is 71.8 Å². The summed E-state index contributed by atoms with van der Waals surface area (Å²) in [6.07, 6.45) is -1.02. The number of hydrogen-bond donors (Lipinski definition) is 1. The zero-order valence-electron chi connectivity index (χ0n) is 20.3. The minimum atomic E-state index is -1.13. The van der Waals surface area contributed by atoms with Crippen LogP contribution >= 0.6 is 0 Å². The van der Waals surface area contributed by atoms with Crippen molar-refractivity contribution in [2.24, 2.45) is 0 Å². The molecule has 2 amide bonds. The van der Waals surface area contributed by atoms with Crippen molar-refractivity contribution in [1.29, 1.82) is 0 Å². The van der Waals surface area contributed by atoms with Crippen molar-refractivity contribution < 1.29 is 33.8 Å². The number of piperidine rings is 1. The molecule has 0 aliphatic carbocycles. The maximum atomic E-state index is 13.1. The summed E-state index contributed by atoms with van der Waals surface area (Å²) in [6.45, 7) is 5.20. The third-order valence-corrected chi connectivity index (χ3v) is 5.40. The lowest BCUT2D eigenvalue weighted by Gasteiger charge is -2.41. The number of benzene rings is 2. The predicted octanol–water partition coefficient (Wildman–Crippen LogP) is 4.61. The second kappa shape index (κ2) is 11.7. The average Bonchev–Trinajstić information content (AvgIpc) is 2.83. The van der Waals surface area contributed by atoms with Gasteiger partial charge in [0.1, 0.15) is 24.9 Å². The van der Waals surface area contributed by atoms with Crippen molar-refractivity contribution >= 4 is 18.2 Å². The van der Waals surface area contributed by atoms with Gasteiger partial charge in [0.25, 0.3) is 0 Å². The second-order valence-corrected chi connectivity index (χ2v) is 9.34. The maximum absolute atomic E-state index is 13.1. The number of amides is 2. The van der Waals surface area contributed by atoms with E-state index in [1.807, 2.05) is 60.7 Å². The van der Waals surface area contributed by atoms with E-state index in [4.69, 9.17) is 14.3 Å². The Morgan fingerprint density at radius 2 is 1.51 bits per heavy atom. The molecule has 2 aromatic carbocycles. The summed E-state index contributed by atoms with van der Waals surface area (Å²) in [5.41, 5.74) is 0.857. The molecule has 0 saturated carbocycles. The van der Waals surface area contributed by atoms with Crippen LogP contribution in [0.3, 0.4) is 0 Å². The number of nitrogens with zero attached hydrogens (tertiary/aromatic N) is 2. The summed E-state index contributed by atoms with van der Waals surface area (Å²) < 4.78 is 10.9. The molecule has 9 nitrogen and oxygen atoms in total. The molecule has 0 aromatic heterocycles. The number of ether oxygens (including phenoxy) is 2. The van der Waals surface area contributed by atoms with E-state index < -0.39 is 35.8 Å². The van der Waals surface area contributed by atoms with E-state index in [9.17, 15) is 19.5 Å². The Labute approximate surface area is 205 Å². The SMILES string of the molecule is CC(C)(C)OC(=O)N1C[C@@H](N(OCc2ccccc2)C(=O)OCc2ccccc2)CC[C@@H]1C(=O)O. The summed E-state index contributed by atoms with van der Waals surface area (Å²) >= 11 is 0. The lowest BCUT2D eigenvalue weighted by atomic mass is 9.98. The maximum Gasteiger partial charge on any atom is 0.434 e. The fraction of sp³-hybridized carbons (Fsp3) is 0.423. The molecular formula is C26H32N2O7. The first-order valence-corrected chi connectivity index (χ1v) is 11.5. The number of carbonyl (C=O) groups is 3. The summed E-state index contributed by atoms with van der Waals surface area (Å²) in [5.74, 6) is -1.13. The zero-order chi connectivity index (χ0) is 25.4. The molecule has 0 spiro atoms. The fourth-order valence-corrected chi connectivity index (χ4v) is 3.73. The highest BCUT2D eigenvalue weighted by Gasteiger charge is 2.42. The van der Waals surface area contributed by atoms with Crippen LogP contribution in [0.4, 0.5) is 9.59 Å². The Morgan fingerprint density at radius 3 is 2.06 bits per heavy atom. The molecule has 1 aliphatic heterocycles. The van der Waals surface area contributed by atoms with Gasteiger partial charge in [-0.05, 0) is 44.7 Å². The van der Waals surface area contributed by atoms with Crippen LogP contribution in [0.25, 0.3) is 0 Å². The Kier molecular flexibility index (Phi) is 8.70. The number of aliphatic carboxylic acids is 1. The van der Waals surface area contributed by atoms with Crippen LogP contribution in [0.5, 0.6) is 0 Å². The van der Waals surface area contributed by atoms with Crippen LogP contribution in [-0.2, 0) is 32.3 Å². The topological polar surface area (TPSA) is 106 Å². The molecule has 35 heavy (non-hydrogen) atoms. The Hall–Kier alpha value is -3.59. The van der Waals surface area contributed by atoms with Crippen molar-refractivity contribution in [2.45, 2.75) is 64.5 Å². The van der Waals surface area contributed by atoms with Crippen LogP contribution in [0.15, 0.2) is 60.7 Å². The Bertz CT molecular complexity index is 992. The first-order chi connectivity index (χ1) is 16.6. The van der Waals surface area contributed by atoms with E-state index in [0.29, 0.717) is 6.42 Å². The second-order valence-electron chi connectivity index (χ2n) is 9.34. The van der Waals surface area contributed by atoms with Crippen LogP contribution in [0.1, 0.15) is 44.7 Å². The summed E-state index contributed by atoms with van der Waals surface area (Å²) in [4.78, 5) is 44.8. The molecule has 1 N–H and O–H groups in total. The van der Waals surface area contributed by atoms with E-state index in [0.717, 1.165) is 21.1 Å². The number of hydrogen-bond acceptors (Lipinski definition) is 6. The molecule has 3 rings (SSSR count). The van der Waals surface area contributed by atoms with Crippen LogP contribution in [0.2, 0.25) is 0 Å². The highest BCUT2D eigenvalue weighted by Crippen LogP contribution is 2.25. The van der Waals surface area contributed by atoms with Gasteiger partial charge in [-0.25, -0.2) is 14.4 Å². The standard InChI is InChI=1S/C26H32N2O7/c1-26(2,3)35-24(31)27-16-21(14-15-22(27)23(29)30)28(34-18-20-12-8-5-9-13-20)25(32)33-17-19-10-6-4-7-11-19/h4-13,21-22H,14-18H2,1-3H3,(H,29,30)/t21-,22+/m0/s1. The first-order valence-electron chi connectivity index (χ1n) is 11.5. The van der Waals surface area contributed by atoms with E-state index in [-0.39, 0.29) is 26.2 Å². The molecule has 1 fully saturated rings. The molecule has 0 bridgehead atoms. The number of rotatable bonds is 7. The van der Waals surface area contributed by atoms with Gasteiger partial charge in [0.05, 0.1) is 6.04 Å². The van der Waals surface area contributed by atoms with Gasteiger partial charge in [-0.1, -0.05) is 60.7 Å². The molecule has 9 heteroatoms. The number of carboxylic acid groups (broad SMARTS) is 1. The lowest BCUT2D eigenvalue weighted by molar-refractivity contribution is -0.184. The minimum absolute atomic E-state index is 0.0467. The molecule has 2 atom stereocenters. The third-order valence-electron chi connectivity index (χ3n) is 5.40. The van der Waals surface area contributed by atoms with Crippen molar-refractivity contribution in [3.63, 3.8) is 0 Å². The first kappa shape index (κ1) is 26.0. The van der Waals surface area contributed by atoms with Gasteiger partial charge in [0, 0.05) is 6.54 Å². The molecule has 1 saturated heterocycles. The highest BCUT2D eigenvalue weighted by molar-refractivity contribution is 5.80. The number of carboxylic acids is 1. The Morgan fingerprint density at radius 1 is 0.943 bits per heavy atom. The largest absolute Gasteiger partial charge is 0.480 e. The molecule has 1 heterocycles. The van der Waals surface area contributed by atoms with Gasteiger partial charge in [-0.2, -0.15) is 5.06 Å². The van der Waals surface area contributed by atoms with Gasteiger partial charge in [0.15, 0.2) is 0 Å². The van der Waals surface area contributed by atoms with Gasteiger partial charge in [-0.3, -0.25) is 9.74 Å². The molecule has 1 aliphatic rings. The monoisotopic (exact) mass is 484 g/mol. The molecule has 2 aromatic rings. The number of likely N-dealkylation sites (tertiary alicyclic amines) is 1. The van der Waals surface area contributed by atoms with Crippen molar-refractivity contribution in [1.82, 2.24) is 9.96 Å². The number of hydroxylamine groups is 2. The normalized spacial score (nSPS) is 18.0. The number of carbonyl (C=O) groups excluding carboxylic acids is 2. The van der Waals surface area contributed by atoms with Gasteiger partial charge in [0.2, 0.25) is 0 Å². The average molecular weight is 485 g/mol. The van der Waals surface area contributed by atoms with Crippen molar-refractivity contribution in [3.8, 4) is 0 Å². The van der Waals surface area contributed by atoms with E-state index in [2.05, 4.69) is 0 Å². The smallest absolute Gasteiger partial charge is 0.434 e. The van der Waals surface area contributed by atoms with Crippen LogP contribution < -0.4 is 0 Å². The molecule has 0 unspecified atom stereocenters. The predicted molar refractivity (Wildman–Crippen MR) is 127 cm³/mol. The van der Waals surface area contributed by atoms with E-state index in [1.165, 1.54) is 0 Å². The summed E-state index contributed by atoms with van der Waals surface area (Å²) in [5, 5.41) is 10.8. The van der Waals surface area contributed by atoms with Crippen LogP contribution in [-0.4, -0.2) is 57.5 Å². The van der Waals surface area contributed by atoms with Gasteiger partial charge < -0.3 is 14.6 Å². The van der Waals surface area contributed by atoms with Gasteiger partial charge in [-0.15, -0.1) is 0 Å². The third kappa shape index (κ3) is 7.71. The van der Waals surface area contributed by atoms with Gasteiger partial charge >= 0.3 is 18.2 Å². The fourth-order valence-electron chi connectivity index (χ4n) is 3.73. The summed E-state index contributed by atoms with van der Waals surface area (Å²) in [6, 6.07) is 16.9. The zero-order valence-corrected chi connectivity index (χ0v) is 20.3. The molecule has 0 radical (unpaired) electrons. The quantitative estimate of drug-likeness (QED) is 0.572. The van der Waals surface area contributed by atoms with E-state index in [1.54, 1.807) is 20.8 Å². The molecular weight excluding hydrogens is 452 g/mol. The van der Waals surface area contributed by atoms with Crippen molar-refractivity contribution in [2.75, 3.05) is 6.54 Å². The summed E-state index contributed by atoms with van der Waals surface area (Å²) in [7, 11) is 0. The molecule has 188 valence electrons. The van der Waals surface area contributed by atoms with Crippen LogP contribution in [0, 0.1) is 0 Å². The highest BCUT2D eigenvalue weighted by atomic mass is 16.7. The van der Waals surface area contributed by atoms with E-state index >= 15 is 0 Å². The minimum Gasteiger partial charge on any atom is -0.480 e. The Balaban J connectivity index is 1.77.